The van der Waals surface area contributed by atoms with Gasteiger partial charge in [-0.15, -0.1) is 0 Å². The summed E-state index contributed by atoms with van der Waals surface area (Å²) < 4.78 is 10.4. The molecule has 1 N–H and O–H groups in total. The van der Waals surface area contributed by atoms with Crippen LogP contribution in [0.5, 0.6) is 0 Å². The molecule has 0 fully saturated rings. The van der Waals surface area contributed by atoms with Crippen molar-refractivity contribution in [3.63, 3.8) is 0 Å². The largest absolute Gasteiger partial charge is 0.462 e. The molecule has 6 nitrogen and oxygen atoms in total. The van der Waals surface area contributed by atoms with Crippen LogP contribution in [0, 0.1) is 6.92 Å². The van der Waals surface area contributed by atoms with Crippen LogP contribution in [0.4, 0.5) is 5.88 Å². The normalized spacial score (nSPS) is 10.8. The van der Waals surface area contributed by atoms with Crippen LogP contribution in [-0.4, -0.2) is 24.3 Å². The molecule has 0 bridgehead atoms. The first-order valence-corrected chi connectivity index (χ1v) is 8.27. The van der Waals surface area contributed by atoms with Gasteiger partial charge in [0.15, 0.2) is 5.78 Å². The number of rotatable bonds is 6. The average Bonchev–Trinajstić information content (AvgIpc) is 2.90. The second kappa shape index (κ2) is 8.49. The number of Topliss-reactive ketones (excluding diaryl/α,β-unsaturated/α-hetero) is 1. The lowest BCUT2D eigenvalue weighted by atomic mass is 10.1. The molecule has 0 saturated carbocycles. The summed E-state index contributed by atoms with van der Waals surface area (Å²) in [6.45, 7) is 4.63. The molecular formula is C19H18ClNO5. The number of furan rings is 1. The Labute approximate surface area is 155 Å². The van der Waals surface area contributed by atoms with Crippen molar-refractivity contribution >= 4 is 41.2 Å². The van der Waals surface area contributed by atoms with Crippen molar-refractivity contribution in [3.8, 4) is 0 Å². The van der Waals surface area contributed by atoms with E-state index in [4.69, 9.17) is 20.8 Å². The predicted octanol–water partition coefficient (Wildman–Crippen LogP) is 4.27. The maximum Gasteiger partial charge on any atom is 0.344 e. The van der Waals surface area contributed by atoms with Crippen LogP contribution in [0.2, 0.25) is 5.02 Å². The van der Waals surface area contributed by atoms with Gasteiger partial charge in [0, 0.05) is 11.1 Å². The van der Waals surface area contributed by atoms with E-state index in [-0.39, 0.29) is 35.2 Å². The van der Waals surface area contributed by atoms with Crippen molar-refractivity contribution in [1.82, 2.24) is 0 Å². The quantitative estimate of drug-likeness (QED) is 0.463. The Morgan fingerprint density at radius 1 is 1.19 bits per heavy atom. The fourth-order valence-electron chi connectivity index (χ4n) is 2.35. The zero-order valence-electron chi connectivity index (χ0n) is 14.6. The van der Waals surface area contributed by atoms with Crippen LogP contribution >= 0.6 is 11.6 Å². The highest BCUT2D eigenvalue weighted by Crippen LogP contribution is 2.28. The third kappa shape index (κ3) is 4.61. The van der Waals surface area contributed by atoms with Crippen molar-refractivity contribution in [1.29, 1.82) is 0 Å². The van der Waals surface area contributed by atoms with Crippen LogP contribution < -0.4 is 5.32 Å². The topological polar surface area (TPSA) is 85.6 Å². The fraction of sp³-hybridized carbons (Fsp3) is 0.211. The van der Waals surface area contributed by atoms with Crippen LogP contribution in [0.1, 0.15) is 45.9 Å². The molecule has 0 aliphatic rings. The van der Waals surface area contributed by atoms with Crippen molar-refractivity contribution in [2.24, 2.45) is 0 Å². The highest BCUT2D eigenvalue weighted by molar-refractivity contribution is 6.30. The fourth-order valence-corrected chi connectivity index (χ4v) is 2.48. The molecule has 1 heterocycles. The minimum atomic E-state index is -0.730. The van der Waals surface area contributed by atoms with Crippen LogP contribution in [0.3, 0.4) is 0 Å². The Morgan fingerprint density at radius 2 is 1.85 bits per heavy atom. The Bertz CT molecular complexity index is 865. The molecule has 0 aliphatic heterocycles. The Kier molecular flexibility index (Phi) is 6.36. The maximum absolute atomic E-state index is 12.2. The lowest BCUT2D eigenvalue weighted by Crippen LogP contribution is -2.14. The Morgan fingerprint density at radius 3 is 2.42 bits per heavy atom. The van der Waals surface area contributed by atoms with Gasteiger partial charge in [0.05, 0.1) is 12.2 Å². The molecule has 7 heteroatoms. The number of hydrogen-bond donors (Lipinski definition) is 1. The third-order valence-corrected chi connectivity index (χ3v) is 3.70. The maximum atomic E-state index is 12.2. The van der Waals surface area contributed by atoms with Crippen molar-refractivity contribution < 1.29 is 23.5 Å². The summed E-state index contributed by atoms with van der Waals surface area (Å²) in [5.41, 5.74) is 0.792. The van der Waals surface area contributed by atoms with Gasteiger partial charge < -0.3 is 9.15 Å². The van der Waals surface area contributed by atoms with E-state index in [0.717, 1.165) is 5.56 Å². The summed E-state index contributed by atoms with van der Waals surface area (Å²) in [4.78, 5) is 36.2. The number of esters is 1. The van der Waals surface area contributed by atoms with E-state index in [1.54, 1.807) is 44.2 Å². The minimum absolute atomic E-state index is 0.0786. The molecule has 1 aromatic heterocycles. The smallest absolute Gasteiger partial charge is 0.344 e. The van der Waals surface area contributed by atoms with E-state index in [1.807, 2.05) is 0 Å². The number of ketones is 1. The molecule has 0 aliphatic carbocycles. The number of benzene rings is 1. The van der Waals surface area contributed by atoms with E-state index >= 15 is 0 Å². The Hall–Kier alpha value is -2.86. The van der Waals surface area contributed by atoms with Gasteiger partial charge in [0.25, 0.3) is 5.91 Å². The molecule has 2 rings (SSSR count). The van der Waals surface area contributed by atoms with Crippen LogP contribution in [0.15, 0.2) is 34.8 Å². The third-order valence-electron chi connectivity index (χ3n) is 3.45. The molecule has 2 aromatic rings. The number of carbonyl (C=O) groups excluding carboxylic acids is 3. The number of amides is 1. The number of carbonyl (C=O) groups is 3. The van der Waals surface area contributed by atoms with E-state index in [1.165, 1.54) is 13.0 Å². The SMILES string of the molecule is CCOC(=O)c1c(NC(=O)/C=C/c2ccc(Cl)cc2)oc(C)c1C(C)=O. The molecule has 136 valence electrons. The van der Waals surface area contributed by atoms with Crippen molar-refractivity contribution in [2.45, 2.75) is 20.8 Å². The van der Waals surface area contributed by atoms with Crippen LogP contribution in [-0.2, 0) is 9.53 Å². The minimum Gasteiger partial charge on any atom is -0.462 e. The van der Waals surface area contributed by atoms with Gasteiger partial charge in [0.2, 0.25) is 5.88 Å². The predicted molar refractivity (Wildman–Crippen MR) is 98.5 cm³/mol. The number of halogens is 1. The second-order valence-corrected chi connectivity index (χ2v) is 5.82. The summed E-state index contributed by atoms with van der Waals surface area (Å²) in [6, 6.07) is 6.90. The standard InChI is InChI=1S/C19H18ClNO5/c1-4-25-19(24)17-16(11(2)22)12(3)26-18(17)21-15(23)10-7-13-5-8-14(20)9-6-13/h5-10H,4H2,1-3H3,(H,21,23)/b10-7+. The lowest BCUT2D eigenvalue weighted by molar-refractivity contribution is -0.111. The zero-order chi connectivity index (χ0) is 19.3. The number of nitrogens with one attached hydrogen (secondary N) is 1. The second-order valence-electron chi connectivity index (χ2n) is 5.39. The van der Waals surface area contributed by atoms with E-state index in [0.29, 0.717) is 5.02 Å². The summed E-state index contributed by atoms with van der Waals surface area (Å²) in [6.07, 6.45) is 2.86. The van der Waals surface area contributed by atoms with Gasteiger partial charge in [-0.2, -0.15) is 0 Å². The van der Waals surface area contributed by atoms with E-state index in [2.05, 4.69) is 5.32 Å². The zero-order valence-corrected chi connectivity index (χ0v) is 15.3. The molecule has 26 heavy (non-hydrogen) atoms. The van der Waals surface area contributed by atoms with Gasteiger partial charge in [-0.3, -0.25) is 14.9 Å². The molecule has 0 unspecified atom stereocenters. The highest BCUT2D eigenvalue weighted by atomic mass is 35.5. The van der Waals surface area contributed by atoms with Gasteiger partial charge in [-0.1, -0.05) is 23.7 Å². The van der Waals surface area contributed by atoms with E-state index < -0.39 is 11.9 Å². The summed E-state index contributed by atoms with van der Waals surface area (Å²) in [7, 11) is 0. The lowest BCUT2D eigenvalue weighted by Gasteiger charge is -2.04. The van der Waals surface area contributed by atoms with E-state index in [9.17, 15) is 14.4 Å². The van der Waals surface area contributed by atoms with Crippen molar-refractivity contribution in [3.05, 3.63) is 57.8 Å². The molecule has 0 radical (unpaired) electrons. The van der Waals surface area contributed by atoms with Crippen LogP contribution in [0.25, 0.3) is 6.08 Å². The Balaban J connectivity index is 2.26. The van der Waals surface area contributed by atoms with Crippen molar-refractivity contribution in [2.75, 3.05) is 11.9 Å². The van der Waals surface area contributed by atoms with Gasteiger partial charge in [-0.25, -0.2) is 4.79 Å². The number of anilines is 1. The first-order valence-electron chi connectivity index (χ1n) is 7.89. The number of aryl methyl sites for hydroxylation is 1. The summed E-state index contributed by atoms with van der Waals surface area (Å²) in [5, 5.41) is 3.07. The first kappa shape index (κ1) is 19.5. The molecule has 0 spiro atoms. The summed E-state index contributed by atoms with van der Waals surface area (Å²) >= 11 is 5.81. The molecule has 1 amide bonds. The van der Waals surface area contributed by atoms with Gasteiger partial charge >= 0.3 is 5.97 Å². The first-order chi connectivity index (χ1) is 12.3. The number of ether oxygens (including phenoxy) is 1. The molecule has 1 aromatic carbocycles. The molecule has 0 atom stereocenters. The molecular weight excluding hydrogens is 358 g/mol. The highest BCUT2D eigenvalue weighted by Gasteiger charge is 2.28. The monoisotopic (exact) mass is 375 g/mol. The van der Waals surface area contributed by atoms with Gasteiger partial charge in [-0.05, 0) is 44.5 Å². The molecule has 0 saturated heterocycles. The van der Waals surface area contributed by atoms with Gasteiger partial charge in [0.1, 0.15) is 11.3 Å². The number of hydrogen-bond acceptors (Lipinski definition) is 5. The summed E-state index contributed by atoms with van der Waals surface area (Å²) in [5.74, 6) is -1.48. The average molecular weight is 376 g/mol.